The molecule has 0 spiro atoms. The van der Waals surface area contributed by atoms with E-state index in [0.29, 0.717) is 23.9 Å². The van der Waals surface area contributed by atoms with Crippen molar-refractivity contribution in [2.45, 2.75) is 43.8 Å². The van der Waals surface area contributed by atoms with Crippen LogP contribution in [0.25, 0.3) is 0 Å². The Morgan fingerprint density at radius 2 is 1.64 bits per heavy atom. The summed E-state index contributed by atoms with van der Waals surface area (Å²) >= 11 is 0. The van der Waals surface area contributed by atoms with E-state index in [1.54, 1.807) is 16.4 Å². The number of ether oxygens (including phenoxy) is 1. The van der Waals surface area contributed by atoms with E-state index in [2.05, 4.69) is 13.8 Å². The fraction of sp³-hybridized carbons (Fsp3) is 0.400. The molecule has 1 saturated heterocycles. The van der Waals surface area contributed by atoms with Crippen LogP contribution in [0.2, 0.25) is 0 Å². The Balaban J connectivity index is 1.85. The molecule has 134 valence electrons. The molecule has 1 aliphatic heterocycles. The number of hydrogen-bond donors (Lipinski definition) is 0. The molecule has 0 saturated carbocycles. The molecule has 0 amide bonds. The minimum Gasteiger partial charge on any atom is -0.368 e. The Hall–Kier alpha value is -1.69. The predicted octanol–water partition coefficient (Wildman–Crippen LogP) is 3.96. The van der Waals surface area contributed by atoms with E-state index in [-0.39, 0.29) is 12.2 Å². The summed E-state index contributed by atoms with van der Waals surface area (Å²) in [6, 6.07) is 17.0. The van der Waals surface area contributed by atoms with Crippen LogP contribution in [0.1, 0.15) is 43.9 Å². The molecule has 1 heterocycles. The Labute approximate surface area is 150 Å². The number of nitrogens with zero attached hydrogens (tertiary/aromatic N) is 1. The number of sulfonamides is 1. The Morgan fingerprint density at radius 1 is 1.00 bits per heavy atom. The van der Waals surface area contributed by atoms with Gasteiger partial charge in [0.05, 0.1) is 17.1 Å². The minimum atomic E-state index is -3.52. The van der Waals surface area contributed by atoms with Crippen LogP contribution in [-0.4, -0.2) is 31.9 Å². The maximum absolute atomic E-state index is 13.1. The van der Waals surface area contributed by atoms with Crippen molar-refractivity contribution in [3.8, 4) is 0 Å². The van der Waals surface area contributed by atoms with Crippen molar-refractivity contribution in [2.75, 3.05) is 13.1 Å². The van der Waals surface area contributed by atoms with E-state index < -0.39 is 10.0 Å². The van der Waals surface area contributed by atoms with Gasteiger partial charge in [-0.3, -0.25) is 0 Å². The molecule has 1 fully saturated rings. The summed E-state index contributed by atoms with van der Waals surface area (Å²) in [6.07, 6.45) is -0.390. The second-order valence-corrected chi connectivity index (χ2v) is 8.83. The fourth-order valence-electron chi connectivity index (χ4n) is 3.13. The van der Waals surface area contributed by atoms with Gasteiger partial charge in [0.2, 0.25) is 10.0 Å². The molecule has 3 rings (SSSR count). The maximum Gasteiger partial charge on any atom is 0.243 e. The SMILES string of the molecule is CC1CN(S(=O)(=O)c2ccc(C(C)C)cc2)CC(c2ccccc2)O1. The van der Waals surface area contributed by atoms with Gasteiger partial charge in [0, 0.05) is 13.1 Å². The molecule has 0 aromatic heterocycles. The Morgan fingerprint density at radius 3 is 2.24 bits per heavy atom. The van der Waals surface area contributed by atoms with Crippen LogP contribution in [-0.2, 0) is 14.8 Å². The largest absolute Gasteiger partial charge is 0.368 e. The average Bonchev–Trinajstić information content (AvgIpc) is 2.62. The van der Waals surface area contributed by atoms with Crippen LogP contribution in [0.5, 0.6) is 0 Å². The van der Waals surface area contributed by atoms with Crippen LogP contribution in [0, 0.1) is 0 Å². The molecule has 25 heavy (non-hydrogen) atoms. The molecular weight excluding hydrogens is 334 g/mol. The van der Waals surface area contributed by atoms with Crippen LogP contribution < -0.4 is 0 Å². The zero-order valence-electron chi connectivity index (χ0n) is 14.9. The second-order valence-electron chi connectivity index (χ2n) is 6.89. The smallest absolute Gasteiger partial charge is 0.243 e. The highest BCUT2D eigenvalue weighted by Crippen LogP contribution is 2.29. The van der Waals surface area contributed by atoms with Gasteiger partial charge in [-0.1, -0.05) is 56.3 Å². The third kappa shape index (κ3) is 3.94. The first-order valence-electron chi connectivity index (χ1n) is 8.68. The van der Waals surface area contributed by atoms with Crippen molar-refractivity contribution in [2.24, 2.45) is 0 Å². The molecule has 0 aliphatic carbocycles. The van der Waals surface area contributed by atoms with Gasteiger partial charge < -0.3 is 4.74 Å². The third-order valence-corrected chi connectivity index (χ3v) is 6.43. The monoisotopic (exact) mass is 359 g/mol. The summed E-state index contributed by atoms with van der Waals surface area (Å²) < 4.78 is 33.6. The summed E-state index contributed by atoms with van der Waals surface area (Å²) in [4.78, 5) is 0.345. The standard InChI is InChI=1S/C20H25NO3S/c1-15(2)17-9-11-19(12-10-17)25(22,23)21-13-16(3)24-20(14-21)18-7-5-4-6-8-18/h4-12,15-16,20H,13-14H2,1-3H3. The first kappa shape index (κ1) is 18.1. The van der Waals surface area contributed by atoms with Crippen molar-refractivity contribution in [3.63, 3.8) is 0 Å². The lowest BCUT2D eigenvalue weighted by atomic mass is 10.0. The molecule has 2 aromatic carbocycles. The van der Waals surface area contributed by atoms with E-state index in [1.165, 1.54) is 0 Å². The zero-order chi connectivity index (χ0) is 18.0. The zero-order valence-corrected chi connectivity index (χ0v) is 15.7. The summed E-state index contributed by atoms with van der Waals surface area (Å²) in [5.74, 6) is 0.377. The maximum atomic E-state index is 13.1. The molecule has 0 bridgehead atoms. The van der Waals surface area contributed by atoms with Gasteiger partial charge in [-0.2, -0.15) is 4.31 Å². The second kappa shape index (κ2) is 7.28. The van der Waals surface area contributed by atoms with E-state index in [9.17, 15) is 8.42 Å². The van der Waals surface area contributed by atoms with Crippen molar-refractivity contribution in [1.29, 1.82) is 0 Å². The number of hydrogen-bond acceptors (Lipinski definition) is 3. The van der Waals surface area contributed by atoms with Gasteiger partial charge in [0.1, 0.15) is 0 Å². The fourth-order valence-corrected chi connectivity index (χ4v) is 4.65. The van der Waals surface area contributed by atoms with Crippen molar-refractivity contribution >= 4 is 10.0 Å². The number of benzene rings is 2. The van der Waals surface area contributed by atoms with Gasteiger partial charge in [-0.15, -0.1) is 0 Å². The molecule has 2 aromatic rings. The quantitative estimate of drug-likeness (QED) is 0.830. The van der Waals surface area contributed by atoms with Crippen molar-refractivity contribution in [3.05, 3.63) is 65.7 Å². The number of morpholine rings is 1. The Kier molecular flexibility index (Phi) is 5.27. The number of rotatable bonds is 4. The molecule has 2 unspecified atom stereocenters. The average molecular weight is 359 g/mol. The third-order valence-electron chi connectivity index (χ3n) is 4.58. The van der Waals surface area contributed by atoms with Crippen LogP contribution in [0.15, 0.2) is 59.5 Å². The van der Waals surface area contributed by atoms with E-state index in [4.69, 9.17) is 4.74 Å². The van der Waals surface area contributed by atoms with Crippen LogP contribution >= 0.6 is 0 Å². The highest BCUT2D eigenvalue weighted by atomic mass is 32.2. The first-order valence-corrected chi connectivity index (χ1v) is 10.1. The summed E-state index contributed by atoms with van der Waals surface area (Å²) in [6.45, 7) is 6.81. The molecule has 5 heteroatoms. The lowest BCUT2D eigenvalue weighted by Crippen LogP contribution is -2.45. The lowest BCUT2D eigenvalue weighted by molar-refractivity contribution is -0.0557. The van der Waals surface area contributed by atoms with E-state index in [0.717, 1.165) is 11.1 Å². The molecule has 0 N–H and O–H groups in total. The van der Waals surface area contributed by atoms with Crippen molar-refractivity contribution in [1.82, 2.24) is 4.31 Å². The van der Waals surface area contributed by atoms with Gasteiger partial charge >= 0.3 is 0 Å². The molecular formula is C20H25NO3S. The highest BCUT2D eigenvalue weighted by Gasteiger charge is 2.34. The van der Waals surface area contributed by atoms with Crippen molar-refractivity contribution < 1.29 is 13.2 Å². The summed E-state index contributed by atoms with van der Waals surface area (Å²) in [7, 11) is -3.52. The summed E-state index contributed by atoms with van der Waals surface area (Å²) in [5.41, 5.74) is 2.14. The minimum absolute atomic E-state index is 0.149. The molecule has 1 aliphatic rings. The lowest BCUT2D eigenvalue weighted by Gasteiger charge is -2.36. The molecule has 0 radical (unpaired) electrons. The normalized spacial score (nSPS) is 22.2. The molecule has 2 atom stereocenters. The van der Waals surface area contributed by atoms with Crippen LogP contribution in [0.3, 0.4) is 0 Å². The summed E-state index contributed by atoms with van der Waals surface area (Å²) in [5, 5.41) is 0. The van der Waals surface area contributed by atoms with Crippen LogP contribution in [0.4, 0.5) is 0 Å². The van der Waals surface area contributed by atoms with Gasteiger partial charge in [-0.05, 0) is 36.1 Å². The first-order chi connectivity index (χ1) is 11.9. The predicted molar refractivity (Wildman–Crippen MR) is 99.0 cm³/mol. The van der Waals surface area contributed by atoms with E-state index in [1.807, 2.05) is 49.4 Å². The Bertz CT molecular complexity index is 801. The molecule has 4 nitrogen and oxygen atoms in total. The topological polar surface area (TPSA) is 46.6 Å². The highest BCUT2D eigenvalue weighted by molar-refractivity contribution is 7.89. The van der Waals surface area contributed by atoms with Gasteiger partial charge in [0.15, 0.2) is 0 Å². The van der Waals surface area contributed by atoms with E-state index >= 15 is 0 Å². The van der Waals surface area contributed by atoms with Gasteiger partial charge in [-0.25, -0.2) is 8.42 Å². The van der Waals surface area contributed by atoms with Gasteiger partial charge in [0.25, 0.3) is 0 Å².